The third kappa shape index (κ3) is 4.22. The lowest BCUT2D eigenvalue weighted by Crippen LogP contribution is -2.47. The first kappa shape index (κ1) is 24.4. The first-order valence-electron chi connectivity index (χ1n) is 9.65. The zero-order chi connectivity index (χ0) is 24.7. The van der Waals surface area contributed by atoms with Crippen LogP contribution in [-0.4, -0.2) is 41.8 Å². The molecular weight excluding hydrogens is 453 g/mol. The van der Waals surface area contributed by atoms with Gasteiger partial charge in [0.05, 0.1) is 7.11 Å². The van der Waals surface area contributed by atoms with E-state index in [9.17, 15) is 31.5 Å². The predicted octanol–water partition coefficient (Wildman–Crippen LogP) is 3.55. The maximum absolute atomic E-state index is 14.4. The number of anilines is 1. The standard InChI is InChI=1S/C21H20F5N3O4/c1-9-14(11-4-5-12(22)15(23)16(11)32-3)17(33-20(9,2)21(24,25)26)19(31)29-10-6-7-28-13(8-10)18(27)30/h4-9,14,17H,1-3H3,(H2,27,30)(H,28,29,31)/t9-,14-,17?,20+/m0/s1. The van der Waals surface area contributed by atoms with Crippen LogP contribution in [0.4, 0.5) is 27.6 Å². The van der Waals surface area contributed by atoms with Crippen molar-refractivity contribution >= 4 is 17.5 Å². The number of amides is 2. The molecule has 2 heterocycles. The number of alkyl halides is 3. The second kappa shape index (κ2) is 8.58. The molecule has 1 aromatic carbocycles. The van der Waals surface area contributed by atoms with Crippen LogP contribution in [0.1, 0.15) is 35.8 Å². The Hall–Kier alpha value is -3.28. The Morgan fingerprint density at radius 1 is 1.24 bits per heavy atom. The molecule has 7 nitrogen and oxygen atoms in total. The summed E-state index contributed by atoms with van der Waals surface area (Å²) in [6, 6.07) is 4.22. The Morgan fingerprint density at radius 3 is 2.48 bits per heavy atom. The molecule has 3 N–H and O–H groups in total. The highest BCUT2D eigenvalue weighted by atomic mass is 19.4. The summed E-state index contributed by atoms with van der Waals surface area (Å²) in [5, 5.41) is 2.36. The van der Waals surface area contributed by atoms with E-state index in [1.807, 2.05) is 0 Å². The van der Waals surface area contributed by atoms with Crippen LogP contribution in [-0.2, 0) is 9.53 Å². The van der Waals surface area contributed by atoms with E-state index < -0.39 is 58.9 Å². The number of primary amides is 1. The average molecular weight is 473 g/mol. The minimum atomic E-state index is -4.89. The SMILES string of the molecule is COc1c([C@H]2C(C(=O)Nc3ccnc(C(N)=O)c3)O[C@@](C)(C(F)(F)F)[C@H]2C)ccc(F)c1F. The third-order valence-corrected chi connectivity index (χ3v) is 5.85. The van der Waals surface area contributed by atoms with Crippen LogP contribution in [0, 0.1) is 17.6 Å². The fourth-order valence-corrected chi connectivity index (χ4v) is 3.90. The Balaban J connectivity index is 2.07. The van der Waals surface area contributed by atoms with Crippen molar-refractivity contribution < 1.29 is 41.0 Å². The number of ether oxygens (including phenoxy) is 2. The molecule has 1 fully saturated rings. The molecule has 0 aliphatic carbocycles. The number of hydrogen-bond acceptors (Lipinski definition) is 5. The molecule has 1 saturated heterocycles. The van der Waals surface area contributed by atoms with Crippen molar-refractivity contribution in [3.05, 3.63) is 53.4 Å². The minimum absolute atomic E-state index is 0.0247. The van der Waals surface area contributed by atoms with Gasteiger partial charge in [-0.3, -0.25) is 14.6 Å². The summed E-state index contributed by atoms with van der Waals surface area (Å²) in [6.45, 7) is 1.98. The molecule has 1 aliphatic heterocycles. The molecule has 2 amide bonds. The number of carbonyl (C=O) groups is 2. The third-order valence-electron chi connectivity index (χ3n) is 5.85. The number of methoxy groups -OCH3 is 1. The highest BCUT2D eigenvalue weighted by Gasteiger charge is 2.65. The van der Waals surface area contributed by atoms with Gasteiger partial charge in [-0.1, -0.05) is 13.0 Å². The van der Waals surface area contributed by atoms with Crippen LogP contribution < -0.4 is 15.8 Å². The zero-order valence-electron chi connectivity index (χ0n) is 17.7. The zero-order valence-corrected chi connectivity index (χ0v) is 17.7. The van der Waals surface area contributed by atoms with Crippen molar-refractivity contribution in [2.75, 3.05) is 12.4 Å². The van der Waals surface area contributed by atoms with Crippen LogP contribution >= 0.6 is 0 Å². The maximum Gasteiger partial charge on any atom is 0.417 e. The number of nitrogens with one attached hydrogen (secondary N) is 1. The van der Waals surface area contributed by atoms with Gasteiger partial charge in [0.15, 0.2) is 17.2 Å². The van der Waals surface area contributed by atoms with Crippen LogP contribution in [0.3, 0.4) is 0 Å². The number of carbonyl (C=O) groups excluding carboxylic acids is 2. The van der Waals surface area contributed by atoms with Crippen molar-refractivity contribution in [2.24, 2.45) is 11.7 Å². The fourth-order valence-electron chi connectivity index (χ4n) is 3.90. The Labute approximate surface area is 185 Å². The molecule has 4 atom stereocenters. The summed E-state index contributed by atoms with van der Waals surface area (Å²) in [6.07, 6.45) is -5.49. The lowest BCUT2D eigenvalue weighted by atomic mass is 9.77. The van der Waals surface area contributed by atoms with Gasteiger partial charge in [0.1, 0.15) is 11.8 Å². The van der Waals surface area contributed by atoms with E-state index >= 15 is 0 Å². The van der Waals surface area contributed by atoms with Gasteiger partial charge in [-0.05, 0) is 25.1 Å². The van der Waals surface area contributed by atoms with Gasteiger partial charge in [-0.2, -0.15) is 17.6 Å². The van der Waals surface area contributed by atoms with Crippen molar-refractivity contribution in [3.63, 3.8) is 0 Å². The molecule has 0 bridgehead atoms. The molecule has 1 unspecified atom stereocenters. The Kier molecular flexibility index (Phi) is 6.33. The summed E-state index contributed by atoms with van der Waals surface area (Å²) in [4.78, 5) is 28.1. The summed E-state index contributed by atoms with van der Waals surface area (Å²) < 4.78 is 80.1. The Morgan fingerprint density at radius 2 is 1.91 bits per heavy atom. The van der Waals surface area contributed by atoms with E-state index in [2.05, 4.69) is 10.3 Å². The molecule has 178 valence electrons. The highest BCUT2D eigenvalue weighted by Crippen LogP contribution is 2.55. The molecule has 1 aromatic heterocycles. The van der Waals surface area contributed by atoms with Gasteiger partial charge in [0.25, 0.3) is 11.8 Å². The molecule has 2 aromatic rings. The van der Waals surface area contributed by atoms with Gasteiger partial charge < -0.3 is 20.5 Å². The molecule has 33 heavy (non-hydrogen) atoms. The van der Waals surface area contributed by atoms with Crippen molar-refractivity contribution in [1.29, 1.82) is 0 Å². The first-order valence-corrected chi connectivity index (χ1v) is 9.65. The molecular formula is C21H20F5N3O4. The van der Waals surface area contributed by atoms with Gasteiger partial charge in [-0.25, -0.2) is 4.39 Å². The quantitative estimate of drug-likeness (QED) is 0.647. The normalized spacial score (nSPS) is 25.0. The van der Waals surface area contributed by atoms with Gasteiger partial charge in [0, 0.05) is 29.3 Å². The lowest BCUT2D eigenvalue weighted by molar-refractivity contribution is -0.272. The largest absolute Gasteiger partial charge is 0.493 e. The van der Waals surface area contributed by atoms with Crippen LogP contribution in [0.5, 0.6) is 5.75 Å². The average Bonchev–Trinajstić information content (AvgIpc) is 3.02. The number of hydrogen-bond donors (Lipinski definition) is 2. The number of rotatable bonds is 5. The monoisotopic (exact) mass is 473 g/mol. The second-order valence-electron chi connectivity index (χ2n) is 7.72. The van der Waals surface area contributed by atoms with E-state index in [0.29, 0.717) is 0 Å². The second-order valence-corrected chi connectivity index (χ2v) is 7.72. The van der Waals surface area contributed by atoms with E-state index in [1.54, 1.807) is 0 Å². The smallest absolute Gasteiger partial charge is 0.417 e. The van der Waals surface area contributed by atoms with Gasteiger partial charge >= 0.3 is 6.18 Å². The fraction of sp³-hybridized carbons (Fsp3) is 0.381. The number of aromatic nitrogens is 1. The summed E-state index contributed by atoms with van der Waals surface area (Å²) >= 11 is 0. The van der Waals surface area contributed by atoms with Gasteiger partial charge in [0.2, 0.25) is 5.82 Å². The number of halogens is 5. The summed E-state index contributed by atoms with van der Waals surface area (Å²) in [7, 11) is 1.03. The molecule has 1 aliphatic rings. The van der Waals surface area contributed by atoms with Gasteiger partial charge in [-0.15, -0.1) is 0 Å². The number of nitrogens with two attached hydrogens (primary N) is 1. The van der Waals surface area contributed by atoms with Crippen molar-refractivity contribution in [3.8, 4) is 5.75 Å². The van der Waals surface area contributed by atoms with E-state index in [4.69, 9.17) is 15.2 Å². The van der Waals surface area contributed by atoms with Crippen LogP contribution in [0.25, 0.3) is 0 Å². The number of nitrogens with zero attached hydrogens (tertiary/aromatic N) is 1. The first-order chi connectivity index (χ1) is 15.3. The maximum atomic E-state index is 14.4. The number of benzene rings is 1. The minimum Gasteiger partial charge on any atom is -0.493 e. The number of pyridine rings is 1. The van der Waals surface area contributed by atoms with E-state index in [-0.39, 0.29) is 16.9 Å². The van der Waals surface area contributed by atoms with Crippen molar-refractivity contribution in [2.45, 2.75) is 37.6 Å². The lowest BCUT2D eigenvalue weighted by Gasteiger charge is -2.32. The highest BCUT2D eigenvalue weighted by molar-refractivity contribution is 5.97. The van der Waals surface area contributed by atoms with Crippen LogP contribution in [0.15, 0.2) is 30.5 Å². The molecule has 0 spiro atoms. The summed E-state index contributed by atoms with van der Waals surface area (Å²) in [5.74, 6) is -7.94. The predicted molar refractivity (Wildman–Crippen MR) is 106 cm³/mol. The molecule has 0 saturated carbocycles. The molecule has 12 heteroatoms. The summed E-state index contributed by atoms with van der Waals surface area (Å²) in [5.41, 5.74) is 2.04. The molecule has 3 rings (SSSR count). The van der Waals surface area contributed by atoms with Crippen LogP contribution in [0.2, 0.25) is 0 Å². The topological polar surface area (TPSA) is 104 Å². The van der Waals surface area contributed by atoms with E-state index in [1.165, 1.54) is 19.2 Å². The van der Waals surface area contributed by atoms with E-state index in [0.717, 1.165) is 32.2 Å². The molecule has 0 radical (unpaired) electrons. The Bertz CT molecular complexity index is 1090. The van der Waals surface area contributed by atoms with Crippen molar-refractivity contribution in [1.82, 2.24) is 4.98 Å².